The molecule has 3 aromatic rings. The average Bonchev–Trinajstić information content (AvgIpc) is 3.11. The van der Waals surface area contributed by atoms with E-state index in [9.17, 15) is 13.2 Å². The van der Waals surface area contributed by atoms with Crippen LogP contribution in [0.25, 0.3) is 11.4 Å². The third-order valence-electron chi connectivity index (χ3n) is 5.23. The summed E-state index contributed by atoms with van der Waals surface area (Å²) in [6.45, 7) is 3.75. The largest absolute Gasteiger partial charge is 0.416 e. The van der Waals surface area contributed by atoms with E-state index in [0.29, 0.717) is 18.0 Å². The van der Waals surface area contributed by atoms with E-state index in [1.807, 2.05) is 24.3 Å². The Morgan fingerprint density at radius 1 is 1.03 bits per heavy atom. The lowest BCUT2D eigenvalue weighted by atomic mass is 10.1. The van der Waals surface area contributed by atoms with Crippen molar-refractivity contribution in [3.8, 4) is 17.5 Å². The first-order chi connectivity index (χ1) is 14.9. The molecule has 0 aliphatic carbocycles. The van der Waals surface area contributed by atoms with Gasteiger partial charge in [-0.2, -0.15) is 23.4 Å². The molecule has 0 radical (unpaired) electrons. The summed E-state index contributed by atoms with van der Waals surface area (Å²) in [6.07, 6.45) is -3.48. The van der Waals surface area contributed by atoms with Crippen molar-refractivity contribution in [1.82, 2.24) is 15.0 Å². The van der Waals surface area contributed by atoms with E-state index >= 15 is 0 Å². The van der Waals surface area contributed by atoms with Crippen LogP contribution in [-0.2, 0) is 12.7 Å². The molecule has 0 unspecified atom stereocenters. The average molecular weight is 427 g/mol. The summed E-state index contributed by atoms with van der Waals surface area (Å²) < 4.78 is 44.1. The third-order valence-corrected chi connectivity index (χ3v) is 5.23. The van der Waals surface area contributed by atoms with Gasteiger partial charge in [0.15, 0.2) is 0 Å². The van der Waals surface area contributed by atoms with Gasteiger partial charge in [-0.3, -0.25) is 4.90 Å². The molecule has 160 valence electrons. The molecule has 0 N–H and O–H groups in total. The fourth-order valence-corrected chi connectivity index (χ4v) is 3.60. The molecule has 2 heterocycles. The zero-order valence-corrected chi connectivity index (χ0v) is 16.6. The number of nitriles is 1. The van der Waals surface area contributed by atoms with Crippen LogP contribution < -0.4 is 4.90 Å². The number of aromatic nitrogens is 2. The zero-order chi connectivity index (χ0) is 21.8. The Morgan fingerprint density at radius 2 is 1.84 bits per heavy atom. The van der Waals surface area contributed by atoms with Crippen molar-refractivity contribution in [2.75, 3.05) is 31.1 Å². The minimum atomic E-state index is -4.42. The molecule has 1 fully saturated rings. The summed E-state index contributed by atoms with van der Waals surface area (Å²) in [6, 6.07) is 14.6. The van der Waals surface area contributed by atoms with Crippen molar-refractivity contribution in [1.29, 1.82) is 5.26 Å². The molecule has 1 aromatic heterocycles. The highest BCUT2D eigenvalue weighted by Crippen LogP contribution is 2.31. The number of hydrogen-bond donors (Lipinski definition) is 0. The highest BCUT2D eigenvalue weighted by molar-refractivity contribution is 5.55. The molecule has 0 atom stereocenters. The Morgan fingerprint density at radius 3 is 2.58 bits per heavy atom. The topological polar surface area (TPSA) is 69.2 Å². The zero-order valence-electron chi connectivity index (χ0n) is 16.6. The second-order valence-corrected chi connectivity index (χ2v) is 7.37. The van der Waals surface area contributed by atoms with Gasteiger partial charge in [0, 0.05) is 37.4 Å². The number of nitrogens with zero attached hydrogens (tertiary/aromatic N) is 5. The van der Waals surface area contributed by atoms with Gasteiger partial charge in [-0.05, 0) is 42.8 Å². The molecular formula is C22H20F3N5O. The molecule has 0 spiro atoms. The lowest BCUT2D eigenvalue weighted by Crippen LogP contribution is -2.30. The number of benzene rings is 2. The molecule has 1 saturated heterocycles. The maximum Gasteiger partial charge on any atom is 0.416 e. The van der Waals surface area contributed by atoms with Crippen molar-refractivity contribution in [3.05, 3.63) is 65.5 Å². The van der Waals surface area contributed by atoms with Gasteiger partial charge >= 0.3 is 6.18 Å². The molecule has 1 aliphatic heterocycles. The second-order valence-electron chi connectivity index (χ2n) is 7.37. The van der Waals surface area contributed by atoms with Gasteiger partial charge < -0.3 is 9.42 Å². The fourth-order valence-electron chi connectivity index (χ4n) is 3.60. The van der Waals surface area contributed by atoms with Crippen LogP contribution in [0.3, 0.4) is 0 Å². The van der Waals surface area contributed by atoms with Gasteiger partial charge in [-0.1, -0.05) is 17.3 Å². The number of alkyl halides is 3. The van der Waals surface area contributed by atoms with E-state index in [1.165, 1.54) is 12.1 Å². The van der Waals surface area contributed by atoms with Crippen LogP contribution in [-0.4, -0.2) is 41.2 Å². The van der Waals surface area contributed by atoms with Crippen LogP contribution in [0.4, 0.5) is 18.9 Å². The molecule has 2 aromatic carbocycles. The van der Waals surface area contributed by atoms with E-state index in [-0.39, 0.29) is 11.4 Å². The Bertz CT molecular complexity index is 1070. The quantitative estimate of drug-likeness (QED) is 0.617. The first-order valence-electron chi connectivity index (χ1n) is 9.90. The van der Waals surface area contributed by atoms with Crippen molar-refractivity contribution < 1.29 is 17.7 Å². The van der Waals surface area contributed by atoms with Crippen LogP contribution in [0.2, 0.25) is 0 Å². The minimum absolute atomic E-state index is 0.148. The maximum atomic E-state index is 12.9. The predicted octanol–water partition coefficient (Wildman–Crippen LogP) is 4.34. The van der Waals surface area contributed by atoms with E-state index in [0.717, 1.165) is 50.4 Å². The lowest BCUT2D eigenvalue weighted by molar-refractivity contribution is -0.137. The second kappa shape index (κ2) is 8.78. The molecular weight excluding hydrogens is 407 g/mol. The molecule has 9 heteroatoms. The molecule has 0 amide bonds. The van der Waals surface area contributed by atoms with Crippen LogP contribution in [0, 0.1) is 11.3 Å². The van der Waals surface area contributed by atoms with E-state index in [4.69, 9.17) is 9.78 Å². The van der Waals surface area contributed by atoms with Crippen molar-refractivity contribution in [2.45, 2.75) is 19.1 Å². The third kappa shape index (κ3) is 5.03. The SMILES string of the molecule is N#Cc1ccc(N2CCCN(Cc3nc(-c4cccc(C(F)(F)F)c4)no3)CC2)cc1. The molecule has 0 saturated carbocycles. The Balaban J connectivity index is 1.39. The summed E-state index contributed by atoms with van der Waals surface area (Å²) in [5.41, 5.74) is 1.23. The van der Waals surface area contributed by atoms with Crippen molar-refractivity contribution >= 4 is 5.69 Å². The molecule has 31 heavy (non-hydrogen) atoms. The molecule has 6 nitrogen and oxygen atoms in total. The fraction of sp³-hybridized carbons (Fsp3) is 0.318. The first-order valence-corrected chi connectivity index (χ1v) is 9.90. The van der Waals surface area contributed by atoms with Gasteiger partial charge in [0.1, 0.15) is 0 Å². The molecule has 1 aliphatic rings. The lowest BCUT2D eigenvalue weighted by Gasteiger charge is -2.23. The Labute approximate surface area is 177 Å². The van der Waals surface area contributed by atoms with Crippen molar-refractivity contribution in [2.24, 2.45) is 0 Å². The summed E-state index contributed by atoms with van der Waals surface area (Å²) in [4.78, 5) is 8.75. The maximum absolute atomic E-state index is 12.9. The van der Waals surface area contributed by atoms with Gasteiger partial charge in [-0.25, -0.2) is 0 Å². The standard InChI is InChI=1S/C22H20F3N5O/c23-22(24,25)18-4-1-3-17(13-18)21-27-20(31-28-21)15-29-9-2-10-30(12-11-29)19-7-5-16(14-26)6-8-19/h1,3-8,13H,2,9-12,15H2. The number of hydrogen-bond acceptors (Lipinski definition) is 6. The van der Waals surface area contributed by atoms with Crippen LogP contribution in [0.1, 0.15) is 23.4 Å². The van der Waals surface area contributed by atoms with E-state index in [1.54, 1.807) is 0 Å². The van der Waals surface area contributed by atoms with Gasteiger partial charge in [0.2, 0.25) is 11.7 Å². The number of rotatable bonds is 4. The van der Waals surface area contributed by atoms with Gasteiger partial charge in [0.25, 0.3) is 0 Å². The summed E-state index contributed by atoms with van der Waals surface area (Å²) >= 11 is 0. The molecule has 4 rings (SSSR count). The number of anilines is 1. The predicted molar refractivity (Wildman–Crippen MR) is 108 cm³/mol. The first kappa shape index (κ1) is 20.9. The Hall–Kier alpha value is -3.38. The monoisotopic (exact) mass is 427 g/mol. The van der Waals surface area contributed by atoms with Crippen LogP contribution in [0.15, 0.2) is 53.1 Å². The van der Waals surface area contributed by atoms with E-state index < -0.39 is 11.7 Å². The van der Waals surface area contributed by atoms with Crippen LogP contribution >= 0.6 is 0 Å². The summed E-state index contributed by atoms with van der Waals surface area (Å²) in [5.74, 6) is 0.523. The minimum Gasteiger partial charge on any atom is -0.370 e. The van der Waals surface area contributed by atoms with Gasteiger partial charge in [0.05, 0.1) is 23.7 Å². The Kier molecular flexibility index (Phi) is 5.91. The van der Waals surface area contributed by atoms with Gasteiger partial charge in [-0.15, -0.1) is 0 Å². The highest BCUT2D eigenvalue weighted by Gasteiger charge is 2.30. The van der Waals surface area contributed by atoms with Crippen LogP contribution in [0.5, 0.6) is 0 Å². The summed E-state index contributed by atoms with van der Waals surface area (Å²) in [7, 11) is 0. The normalized spacial score (nSPS) is 15.5. The molecule has 0 bridgehead atoms. The highest BCUT2D eigenvalue weighted by atomic mass is 19.4. The van der Waals surface area contributed by atoms with Crippen molar-refractivity contribution in [3.63, 3.8) is 0 Å². The smallest absolute Gasteiger partial charge is 0.370 e. The summed E-state index contributed by atoms with van der Waals surface area (Å²) in [5, 5.41) is 12.8. The number of halogens is 3. The van der Waals surface area contributed by atoms with E-state index in [2.05, 4.69) is 26.0 Å².